The molecule has 0 spiro atoms. The SMILES string of the molecule is CC(C(=O)O)N(c1cccc(F)c1)S(=O)(=O)c1ccc(F)cc1. The van der Waals surface area contributed by atoms with Crippen molar-refractivity contribution in [3.05, 3.63) is 60.2 Å². The van der Waals surface area contributed by atoms with Gasteiger partial charge in [-0.25, -0.2) is 22.0 Å². The Morgan fingerprint density at radius 2 is 1.70 bits per heavy atom. The molecule has 0 saturated carbocycles. The maximum absolute atomic E-state index is 13.4. The summed E-state index contributed by atoms with van der Waals surface area (Å²) in [5, 5.41) is 9.18. The monoisotopic (exact) mass is 341 g/mol. The largest absolute Gasteiger partial charge is 0.480 e. The number of benzene rings is 2. The van der Waals surface area contributed by atoms with Crippen molar-refractivity contribution in [2.24, 2.45) is 0 Å². The average molecular weight is 341 g/mol. The van der Waals surface area contributed by atoms with E-state index in [1.54, 1.807) is 0 Å². The van der Waals surface area contributed by atoms with Crippen LogP contribution in [0.3, 0.4) is 0 Å². The van der Waals surface area contributed by atoms with Crippen molar-refractivity contribution < 1.29 is 27.1 Å². The minimum Gasteiger partial charge on any atom is -0.480 e. The summed E-state index contributed by atoms with van der Waals surface area (Å²) < 4.78 is 52.4. The molecule has 5 nitrogen and oxygen atoms in total. The van der Waals surface area contributed by atoms with Gasteiger partial charge in [0.05, 0.1) is 10.6 Å². The second kappa shape index (κ2) is 6.33. The van der Waals surface area contributed by atoms with Crippen molar-refractivity contribution in [2.45, 2.75) is 17.9 Å². The Morgan fingerprint density at radius 1 is 1.09 bits per heavy atom. The van der Waals surface area contributed by atoms with Crippen LogP contribution < -0.4 is 4.31 Å². The van der Waals surface area contributed by atoms with E-state index in [0.29, 0.717) is 4.31 Å². The van der Waals surface area contributed by atoms with Crippen molar-refractivity contribution in [3.8, 4) is 0 Å². The molecule has 0 fully saturated rings. The lowest BCUT2D eigenvalue weighted by Gasteiger charge is -2.28. The van der Waals surface area contributed by atoms with E-state index >= 15 is 0 Å². The van der Waals surface area contributed by atoms with Crippen LogP contribution in [0.25, 0.3) is 0 Å². The second-order valence-electron chi connectivity index (χ2n) is 4.75. The Kier molecular flexibility index (Phi) is 4.65. The van der Waals surface area contributed by atoms with Crippen LogP contribution in [-0.4, -0.2) is 25.5 Å². The van der Waals surface area contributed by atoms with Crippen molar-refractivity contribution in [3.63, 3.8) is 0 Å². The highest BCUT2D eigenvalue weighted by Crippen LogP contribution is 2.27. The van der Waals surface area contributed by atoms with Crippen LogP contribution >= 0.6 is 0 Å². The minimum atomic E-state index is -4.31. The molecule has 2 aromatic rings. The first-order valence-corrected chi connectivity index (χ1v) is 7.96. The van der Waals surface area contributed by atoms with Crippen LogP contribution in [0.1, 0.15) is 6.92 Å². The third-order valence-electron chi connectivity index (χ3n) is 3.14. The van der Waals surface area contributed by atoms with Gasteiger partial charge in [0.1, 0.15) is 17.7 Å². The van der Waals surface area contributed by atoms with E-state index in [2.05, 4.69) is 0 Å². The van der Waals surface area contributed by atoms with Crippen LogP contribution in [0, 0.1) is 11.6 Å². The first-order valence-electron chi connectivity index (χ1n) is 6.52. The number of halogens is 2. The van der Waals surface area contributed by atoms with Crippen LogP contribution in [0.2, 0.25) is 0 Å². The smallest absolute Gasteiger partial charge is 0.327 e. The zero-order valence-corrected chi connectivity index (χ0v) is 12.8. The maximum Gasteiger partial charge on any atom is 0.327 e. The molecule has 8 heteroatoms. The number of sulfonamides is 1. The normalized spacial score (nSPS) is 12.7. The van der Waals surface area contributed by atoms with Crippen LogP contribution in [0.15, 0.2) is 53.4 Å². The maximum atomic E-state index is 13.4. The van der Waals surface area contributed by atoms with Gasteiger partial charge in [0.2, 0.25) is 0 Å². The van der Waals surface area contributed by atoms with Crippen molar-refractivity contribution >= 4 is 21.7 Å². The minimum absolute atomic E-state index is 0.135. The van der Waals surface area contributed by atoms with E-state index in [1.807, 2.05) is 0 Å². The summed E-state index contributed by atoms with van der Waals surface area (Å²) in [7, 11) is -4.31. The highest BCUT2D eigenvalue weighted by molar-refractivity contribution is 7.92. The highest BCUT2D eigenvalue weighted by Gasteiger charge is 2.33. The molecule has 2 aromatic carbocycles. The standard InChI is InChI=1S/C15H13F2NO4S/c1-10(15(19)20)18(13-4-2-3-12(17)9-13)23(21,22)14-7-5-11(16)6-8-14/h2-10H,1H3,(H,19,20). The van der Waals surface area contributed by atoms with Crippen LogP contribution in [0.5, 0.6) is 0 Å². The molecule has 1 atom stereocenters. The summed E-state index contributed by atoms with van der Waals surface area (Å²) in [6.45, 7) is 1.16. The number of anilines is 1. The first kappa shape index (κ1) is 16.9. The number of carbonyl (C=O) groups is 1. The predicted molar refractivity (Wildman–Crippen MR) is 79.6 cm³/mol. The van der Waals surface area contributed by atoms with E-state index in [4.69, 9.17) is 0 Å². The number of aliphatic carboxylic acids is 1. The van der Waals surface area contributed by atoms with Crippen LogP contribution in [0.4, 0.5) is 14.5 Å². The molecule has 1 N–H and O–H groups in total. The van der Waals surface area contributed by atoms with E-state index < -0.39 is 33.7 Å². The second-order valence-corrected chi connectivity index (χ2v) is 6.56. The molecule has 0 aromatic heterocycles. The van der Waals surface area contributed by atoms with Crippen molar-refractivity contribution in [1.82, 2.24) is 0 Å². The molecule has 0 aliphatic heterocycles. The molecule has 2 rings (SSSR count). The molecule has 0 saturated heterocycles. The molecule has 1 unspecified atom stereocenters. The Morgan fingerprint density at radius 3 is 2.22 bits per heavy atom. The molecule has 0 aliphatic carbocycles. The lowest BCUT2D eigenvalue weighted by molar-refractivity contribution is -0.137. The summed E-state index contributed by atoms with van der Waals surface area (Å²) in [6, 6.07) is 7.03. The van der Waals surface area contributed by atoms with Gasteiger partial charge in [-0.1, -0.05) is 6.07 Å². The lowest BCUT2D eigenvalue weighted by atomic mass is 10.2. The third kappa shape index (κ3) is 3.48. The number of hydrogen-bond donors (Lipinski definition) is 1. The summed E-state index contributed by atoms with van der Waals surface area (Å²) in [6.07, 6.45) is 0. The number of nitrogens with zero attached hydrogens (tertiary/aromatic N) is 1. The fourth-order valence-corrected chi connectivity index (χ4v) is 3.61. The summed E-state index contributed by atoms with van der Waals surface area (Å²) in [4.78, 5) is 11.0. The highest BCUT2D eigenvalue weighted by atomic mass is 32.2. The fraction of sp³-hybridized carbons (Fsp3) is 0.133. The van der Waals surface area contributed by atoms with Gasteiger partial charge in [0.25, 0.3) is 10.0 Å². The number of hydrogen-bond acceptors (Lipinski definition) is 3. The molecular formula is C15H13F2NO4S. The van der Waals surface area contributed by atoms with Crippen molar-refractivity contribution in [1.29, 1.82) is 0 Å². The molecule has 122 valence electrons. The summed E-state index contributed by atoms with van der Waals surface area (Å²) >= 11 is 0. The van der Waals surface area contributed by atoms with Gasteiger partial charge >= 0.3 is 5.97 Å². The quantitative estimate of drug-likeness (QED) is 0.907. The van der Waals surface area contributed by atoms with Gasteiger partial charge in [0.15, 0.2) is 0 Å². The number of carboxylic acid groups (broad SMARTS) is 1. The van der Waals surface area contributed by atoms with Gasteiger partial charge in [-0.2, -0.15) is 0 Å². The van der Waals surface area contributed by atoms with E-state index in [-0.39, 0.29) is 10.6 Å². The van der Waals surface area contributed by atoms with Gasteiger partial charge in [-0.3, -0.25) is 4.31 Å². The van der Waals surface area contributed by atoms with Crippen LogP contribution in [-0.2, 0) is 14.8 Å². The molecule has 23 heavy (non-hydrogen) atoms. The third-order valence-corrected chi connectivity index (χ3v) is 5.06. The molecule has 0 heterocycles. The summed E-state index contributed by atoms with van der Waals surface area (Å²) in [5.41, 5.74) is -0.135. The Bertz CT molecular complexity index is 822. The molecular weight excluding hydrogens is 328 g/mol. The van der Waals surface area contributed by atoms with Gasteiger partial charge in [-0.05, 0) is 49.4 Å². The predicted octanol–water partition coefficient (Wildman–Crippen LogP) is 2.63. The van der Waals surface area contributed by atoms with E-state index in [1.165, 1.54) is 12.1 Å². The fourth-order valence-electron chi connectivity index (χ4n) is 2.00. The molecule has 0 amide bonds. The zero-order chi connectivity index (χ0) is 17.2. The Hall–Kier alpha value is -2.48. The average Bonchev–Trinajstić information content (AvgIpc) is 2.47. The van der Waals surface area contributed by atoms with E-state index in [0.717, 1.165) is 43.3 Å². The van der Waals surface area contributed by atoms with Gasteiger partial charge in [0, 0.05) is 0 Å². The number of carboxylic acids is 1. The van der Waals surface area contributed by atoms with Gasteiger partial charge < -0.3 is 5.11 Å². The number of rotatable bonds is 5. The van der Waals surface area contributed by atoms with Crippen molar-refractivity contribution in [2.75, 3.05) is 4.31 Å². The first-order chi connectivity index (χ1) is 10.7. The Labute approximate surface area is 131 Å². The Balaban J connectivity index is 2.61. The molecule has 0 aliphatic rings. The molecule has 0 radical (unpaired) electrons. The van der Waals surface area contributed by atoms with E-state index in [9.17, 15) is 27.1 Å². The topological polar surface area (TPSA) is 74.7 Å². The van der Waals surface area contributed by atoms with Gasteiger partial charge in [-0.15, -0.1) is 0 Å². The zero-order valence-electron chi connectivity index (χ0n) is 12.0. The molecule has 0 bridgehead atoms. The lowest BCUT2D eigenvalue weighted by Crippen LogP contribution is -2.43. The summed E-state index contributed by atoms with van der Waals surface area (Å²) in [5.74, 6) is -2.74.